The molecule has 0 aliphatic heterocycles. The van der Waals surface area contributed by atoms with Gasteiger partial charge in [0.15, 0.2) is 11.6 Å². The molecule has 98 valence electrons. The molecule has 0 aliphatic carbocycles. The summed E-state index contributed by atoms with van der Waals surface area (Å²) in [6.45, 7) is 0. The van der Waals surface area contributed by atoms with Gasteiger partial charge in [0, 0.05) is 0 Å². The molecule has 0 heterocycles. The summed E-state index contributed by atoms with van der Waals surface area (Å²) in [7, 11) is 0. The number of carbonyl (C=O) groups excluding carboxylic acids is 1. The summed E-state index contributed by atoms with van der Waals surface area (Å²) in [6, 6.07) is 10.3. The fourth-order valence-corrected chi connectivity index (χ4v) is 1.41. The predicted molar refractivity (Wildman–Crippen MR) is 66.9 cm³/mol. The summed E-state index contributed by atoms with van der Waals surface area (Å²) in [5.74, 6) is -1.97. The van der Waals surface area contributed by atoms with Gasteiger partial charge in [-0.2, -0.15) is 0 Å². The molecule has 2 rings (SSSR count). The van der Waals surface area contributed by atoms with Gasteiger partial charge in [-0.15, -0.1) is 0 Å². The molecule has 0 saturated heterocycles. The fraction of sp³-hybridized carbons (Fsp3) is 0. The molecule has 0 spiro atoms. The Labute approximate surface area is 107 Å². The molecule has 2 aromatic carbocycles. The Balaban J connectivity index is 2.10. The van der Waals surface area contributed by atoms with Crippen molar-refractivity contribution in [1.82, 2.24) is 0 Å². The van der Waals surface area contributed by atoms with E-state index in [0.717, 1.165) is 12.1 Å². The van der Waals surface area contributed by atoms with Gasteiger partial charge in [0.05, 0.1) is 11.4 Å². The summed E-state index contributed by atoms with van der Waals surface area (Å²) >= 11 is 0. The Morgan fingerprint density at radius 2 is 1.79 bits per heavy atom. The van der Waals surface area contributed by atoms with Gasteiger partial charge in [0.2, 0.25) is 0 Å². The van der Waals surface area contributed by atoms with Crippen LogP contribution in [-0.2, 0) is 0 Å². The van der Waals surface area contributed by atoms with Crippen molar-refractivity contribution in [3.8, 4) is 5.75 Å². The van der Waals surface area contributed by atoms with Crippen molar-refractivity contribution in [1.29, 1.82) is 0 Å². The first-order valence-corrected chi connectivity index (χ1v) is 5.35. The number of amides is 1. The minimum absolute atomic E-state index is 0.0557. The molecular weight excluding hydrogens is 254 g/mol. The van der Waals surface area contributed by atoms with E-state index >= 15 is 0 Å². The molecule has 0 aliphatic rings. The van der Waals surface area contributed by atoms with E-state index in [1.807, 2.05) is 0 Å². The maximum atomic E-state index is 13.2. The minimum atomic E-state index is -1.21. The monoisotopic (exact) mass is 264 g/mol. The van der Waals surface area contributed by atoms with Gasteiger partial charge < -0.3 is 10.5 Å². The molecule has 6 heteroatoms. The molecule has 4 nitrogen and oxygen atoms in total. The highest BCUT2D eigenvalue weighted by Crippen LogP contribution is 2.24. The van der Waals surface area contributed by atoms with E-state index in [2.05, 4.69) is 5.32 Å². The number of ether oxygens (including phenoxy) is 1. The first-order chi connectivity index (χ1) is 9.08. The molecule has 0 bridgehead atoms. The molecule has 3 N–H and O–H groups in total. The number of carbonyl (C=O) groups is 1. The van der Waals surface area contributed by atoms with E-state index in [4.69, 9.17) is 10.5 Å². The van der Waals surface area contributed by atoms with Crippen molar-refractivity contribution in [2.45, 2.75) is 0 Å². The van der Waals surface area contributed by atoms with Crippen LogP contribution >= 0.6 is 0 Å². The van der Waals surface area contributed by atoms with Gasteiger partial charge >= 0.3 is 6.09 Å². The summed E-state index contributed by atoms with van der Waals surface area (Å²) in [5, 5.41) is 2.23. The second-order valence-electron chi connectivity index (χ2n) is 3.65. The lowest BCUT2D eigenvalue weighted by Gasteiger charge is -2.09. The second-order valence-corrected chi connectivity index (χ2v) is 3.65. The molecule has 0 fully saturated rings. The Morgan fingerprint density at radius 1 is 1.11 bits per heavy atom. The van der Waals surface area contributed by atoms with Crippen LogP contribution in [0.15, 0.2) is 42.5 Å². The molecule has 0 aromatic heterocycles. The third kappa shape index (κ3) is 2.98. The minimum Gasteiger partial charge on any atom is -0.410 e. The molecule has 0 saturated carbocycles. The molecule has 2 aromatic rings. The largest absolute Gasteiger partial charge is 0.417 e. The smallest absolute Gasteiger partial charge is 0.410 e. The number of rotatable bonds is 2. The van der Waals surface area contributed by atoms with Gasteiger partial charge in [0.25, 0.3) is 0 Å². The number of hydrogen-bond donors (Lipinski definition) is 2. The normalized spacial score (nSPS) is 10.0. The number of nitrogen functional groups attached to an aromatic ring is 1. The topological polar surface area (TPSA) is 64.3 Å². The number of hydrogen-bond acceptors (Lipinski definition) is 3. The van der Waals surface area contributed by atoms with E-state index < -0.39 is 23.4 Å². The van der Waals surface area contributed by atoms with Crippen molar-refractivity contribution < 1.29 is 18.3 Å². The van der Waals surface area contributed by atoms with Gasteiger partial charge in [0.1, 0.15) is 5.75 Å². The van der Waals surface area contributed by atoms with Crippen LogP contribution < -0.4 is 15.8 Å². The summed E-state index contributed by atoms with van der Waals surface area (Å²) in [4.78, 5) is 11.5. The van der Waals surface area contributed by atoms with Gasteiger partial charge in [-0.1, -0.05) is 18.2 Å². The van der Waals surface area contributed by atoms with Crippen molar-refractivity contribution >= 4 is 17.5 Å². The first-order valence-electron chi connectivity index (χ1n) is 5.35. The Hall–Kier alpha value is -2.63. The van der Waals surface area contributed by atoms with Crippen LogP contribution in [0.4, 0.5) is 25.0 Å². The molecule has 1 amide bonds. The number of benzene rings is 2. The Morgan fingerprint density at radius 3 is 2.47 bits per heavy atom. The average Bonchev–Trinajstić information content (AvgIpc) is 2.41. The highest BCUT2D eigenvalue weighted by atomic mass is 19.2. The van der Waals surface area contributed by atoms with Crippen LogP contribution in [0.2, 0.25) is 0 Å². The predicted octanol–water partition coefficient (Wildman–Crippen LogP) is 3.16. The first kappa shape index (κ1) is 12.8. The fourth-order valence-electron chi connectivity index (χ4n) is 1.41. The molecule has 0 radical (unpaired) electrons. The van der Waals surface area contributed by atoms with Gasteiger partial charge in [-0.05, 0) is 24.3 Å². The maximum Gasteiger partial charge on any atom is 0.417 e. The van der Waals surface area contributed by atoms with E-state index in [9.17, 15) is 13.6 Å². The van der Waals surface area contributed by atoms with Crippen molar-refractivity contribution in [3.05, 3.63) is 54.1 Å². The van der Waals surface area contributed by atoms with Crippen LogP contribution in [0, 0.1) is 11.6 Å². The number of halogens is 2. The van der Waals surface area contributed by atoms with E-state index in [0.29, 0.717) is 5.75 Å². The SMILES string of the molecule is Nc1c(NC(=O)Oc2ccccc2)ccc(F)c1F. The number of anilines is 2. The zero-order chi connectivity index (χ0) is 13.8. The highest BCUT2D eigenvalue weighted by Gasteiger charge is 2.13. The number of para-hydroxylation sites is 1. The van der Waals surface area contributed by atoms with Crippen molar-refractivity contribution in [2.75, 3.05) is 11.1 Å². The molecular formula is C13H10F2N2O2. The summed E-state index contributed by atoms with van der Waals surface area (Å²) < 4.78 is 30.9. The molecule has 0 atom stereocenters. The number of nitrogens with one attached hydrogen (secondary N) is 1. The van der Waals surface area contributed by atoms with Crippen LogP contribution in [0.5, 0.6) is 5.75 Å². The van der Waals surface area contributed by atoms with E-state index in [1.54, 1.807) is 30.3 Å². The third-order valence-electron chi connectivity index (χ3n) is 2.32. The van der Waals surface area contributed by atoms with E-state index in [-0.39, 0.29) is 5.69 Å². The zero-order valence-electron chi connectivity index (χ0n) is 9.69. The van der Waals surface area contributed by atoms with Crippen LogP contribution in [0.3, 0.4) is 0 Å². The molecule has 19 heavy (non-hydrogen) atoms. The lowest BCUT2D eigenvalue weighted by molar-refractivity contribution is 0.215. The van der Waals surface area contributed by atoms with E-state index in [1.165, 1.54) is 0 Å². The third-order valence-corrected chi connectivity index (χ3v) is 2.32. The van der Waals surface area contributed by atoms with Gasteiger partial charge in [-0.25, -0.2) is 13.6 Å². The van der Waals surface area contributed by atoms with Crippen molar-refractivity contribution in [3.63, 3.8) is 0 Å². The molecule has 0 unspecified atom stereocenters. The Kier molecular flexibility index (Phi) is 3.61. The maximum absolute atomic E-state index is 13.2. The van der Waals surface area contributed by atoms with Gasteiger partial charge in [-0.3, -0.25) is 5.32 Å². The van der Waals surface area contributed by atoms with Crippen LogP contribution in [-0.4, -0.2) is 6.09 Å². The van der Waals surface area contributed by atoms with Crippen molar-refractivity contribution in [2.24, 2.45) is 0 Å². The summed E-state index contributed by atoms with van der Waals surface area (Å²) in [5.41, 5.74) is 4.80. The quantitative estimate of drug-likeness (QED) is 0.819. The van der Waals surface area contributed by atoms with Crippen LogP contribution in [0.25, 0.3) is 0 Å². The van der Waals surface area contributed by atoms with Crippen LogP contribution in [0.1, 0.15) is 0 Å². The average molecular weight is 264 g/mol. The lowest BCUT2D eigenvalue weighted by Crippen LogP contribution is -2.18. The highest BCUT2D eigenvalue weighted by molar-refractivity contribution is 5.90. The zero-order valence-corrected chi connectivity index (χ0v) is 9.69. The Bertz CT molecular complexity index is 603. The number of nitrogens with two attached hydrogens (primary N) is 1. The standard InChI is InChI=1S/C13H10F2N2O2/c14-9-6-7-10(12(16)11(9)15)17-13(18)19-8-4-2-1-3-5-8/h1-7H,16H2,(H,17,18). The lowest BCUT2D eigenvalue weighted by atomic mass is 10.2. The summed E-state index contributed by atoms with van der Waals surface area (Å²) in [6.07, 6.45) is -0.844. The second kappa shape index (κ2) is 5.34.